The van der Waals surface area contributed by atoms with Crippen LogP contribution < -0.4 is 15.7 Å². The van der Waals surface area contributed by atoms with Gasteiger partial charge in [-0.25, -0.2) is 14.8 Å². The number of aromatic nitrogens is 2. The van der Waals surface area contributed by atoms with Crippen molar-refractivity contribution in [3.63, 3.8) is 0 Å². The number of carbonyl (C=O) groups is 2. The average Bonchev–Trinajstić information content (AvgIpc) is 2.98. The summed E-state index contributed by atoms with van der Waals surface area (Å²) < 4.78 is 17.4. The number of piperidine rings is 1. The third-order valence-corrected chi connectivity index (χ3v) is 6.86. The third kappa shape index (κ3) is 6.44. The van der Waals surface area contributed by atoms with Crippen molar-refractivity contribution in [2.45, 2.75) is 97.1 Å². The Kier molecular flexibility index (Phi) is 7.71. The van der Waals surface area contributed by atoms with Crippen LogP contribution in [0.15, 0.2) is 12.4 Å². The van der Waals surface area contributed by atoms with E-state index in [1.165, 1.54) is 0 Å². The smallest absolute Gasteiger partial charge is 0.444 e. The highest BCUT2D eigenvalue weighted by molar-refractivity contribution is 6.61. The molecule has 2 atom stereocenters. The van der Waals surface area contributed by atoms with Crippen LogP contribution in [0.2, 0.25) is 0 Å². The van der Waals surface area contributed by atoms with E-state index in [0.29, 0.717) is 19.0 Å². The molecule has 2 amide bonds. The van der Waals surface area contributed by atoms with Crippen molar-refractivity contribution in [3.05, 3.63) is 12.4 Å². The predicted molar refractivity (Wildman–Crippen MR) is 135 cm³/mol. The molecule has 3 rings (SSSR count). The number of alkyl carbamates (subject to hydrolysis) is 1. The van der Waals surface area contributed by atoms with Crippen molar-refractivity contribution in [2.24, 2.45) is 0 Å². The summed E-state index contributed by atoms with van der Waals surface area (Å²) >= 11 is 0. The molecule has 1 aromatic rings. The molecule has 2 unspecified atom stereocenters. The minimum absolute atomic E-state index is 0.0594. The number of rotatable bonds is 5. The van der Waals surface area contributed by atoms with Crippen LogP contribution in [0, 0.1) is 0 Å². The van der Waals surface area contributed by atoms with Crippen molar-refractivity contribution < 1.29 is 23.6 Å². The van der Waals surface area contributed by atoms with Crippen molar-refractivity contribution in [1.82, 2.24) is 20.2 Å². The van der Waals surface area contributed by atoms with Crippen molar-refractivity contribution in [2.75, 3.05) is 25.0 Å². The SMILES string of the molecule is CC(NC(=O)OC(C)(C)C)C(=O)N1CCCC(N(C)c2ncc(B3OC(C)(C)C(C)(C)O3)cn2)C1. The van der Waals surface area contributed by atoms with E-state index in [-0.39, 0.29) is 11.9 Å². The molecule has 194 valence electrons. The van der Waals surface area contributed by atoms with E-state index in [1.807, 2.05) is 39.6 Å². The number of amides is 2. The first-order valence-electron chi connectivity index (χ1n) is 12.3. The monoisotopic (exact) mass is 489 g/mol. The maximum absolute atomic E-state index is 13.0. The van der Waals surface area contributed by atoms with E-state index in [0.717, 1.165) is 18.3 Å². The molecule has 0 aromatic carbocycles. The molecule has 0 radical (unpaired) electrons. The fourth-order valence-electron chi connectivity index (χ4n) is 4.07. The van der Waals surface area contributed by atoms with Crippen LogP contribution in [-0.4, -0.2) is 83.0 Å². The summed E-state index contributed by atoms with van der Waals surface area (Å²) in [6.45, 7) is 16.2. The fourth-order valence-corrected chi connectivity index (χ4v) is 4.07. The second kappa shape index (κ2) is 9.93. The Labute approximate surface area is 209 Å². The molecule has 0 saturated carbocycles. The highest BCUT2D eigenvalue weighted by atomic mass is 16.7. The predicted octanol–water partition coefficient (Wildman–Crippen LogP) is 2.12. The third-order valence-electron chi connectivity index (χ3n) is 6.86. The van der Waals surface area contributed by atoms with Crippen LogP contribution in [0.4, 0.5) is 10.7 Å². The quantitative estimate of drug-likeness (QED) is 0.627. The first kappa shape index (κ1) is 27.2. The summed E-state index contributed by atoms with van der Waals surface area (Å²) in [5.74, 6) is 0.440. The highest BCUT2D eigenvalue weighted by Gasteiger charge is 2.52. The Hall–Kier alpha value is -2.40. The lowest BCUT2D eigenvalue weighted by Crippen LogP contribution is -2.54. The van der Waals surface area contributed by atoms with Gasteiger partial charge in [0.15, 0.2) is 0 Å². The molecule has 2 saturated heterocycles. The number of likely N-dealkylation sites (N-methyl/N-ethyl adjacent to an activating group) is 1. The van der Waals surface area contributed by atoms with Crippen LogP contribution in [-0.2, 0) is 18.8 Å². The number of likely N-dealkylation sites (tertiary alicyclic amines) is 1. The number of nitrogens with one attached hydrogen (secondary N) is 1. The van der Waals surface area contributed by atoms with Gasteiger partial charge in [-0.15, -0.1) is 0 Å². The zero-order valence-electron chi connectivity index (χ0n) is 22.5. The van der Waals surface area contributed by atoms with E-state index in [2.05, 4.69) is 15.3 Å². The molecule has 2 fully saturated rings. The molecule has 0 aliphatic carbocycles. The van der Waals surface area contributed by atoms with Gasteiger partial charge in [0.1, 0.15) is 11.6 Å². The molecule has 3 heterocycles. The molecule has 2 aliphatic rings. The number of anilines is 1. The standard InChI is InChI=1S/C24H40BN5O5/c1-16(28-21(32)33-22(2,3)4)19(31)30-12-10-11-18(15-30)29(9)20-26-13-17(14-27-20)25-34-23(5,6)24(7,8)35-25/h13-14,16,18H,10-12,15H2,1-9H3,(H,28,32). The molecule has 0 spiro atoms. The lowest BCUT2D eigenvalue weighted by molar-refractivity contribution is -0.134. The summed E-state index contributed by atoms with van der Waals surface area (Å²) in [4.78, 5) is 37.9. The topological polar surface area (TPSA) is 106 Å². The zero-order chi connectivity index (χ0) is 26.2. The van der Waals surface area contributed by atoms with E-state index in [4.69, 9.17) is 14.0 Å². The minimum Gasteiger partial charge on any atom is -0.444 e. The van der Waals surface area contributed by atoms with Crippen LogP contribution in [0.3, 0.4) is 0 Å². The second-order valence-electron chi connectivity index (χ2n) is 11.5. The Balaban J connectivity index is 1.59. The molecule has 10 nitrogen and oxygen atoms in total. The van der Waals surface area contributed by atoms with Gasteiger partial charge in [-0.1, -0.05) is 0 Å². The first-order valence-corrected chi connectivity index (χ1v) is 12.3. The van der Waals surface area contributed by atoms with Crippen molar-refractivity contribution in [1.29, 1.82) is 0 Å². The Morgan fingerprint density at radius 2 is 1.77 bits per heavy atom. The summed E-state index contributed by atoms with van der Waals surface area (Å²) in [7, 11) is 1.42. The van der Waals surface area contributed by atoms with Gasteiger partial charge in [-0.2, -0.15) is 0 Å². The molecule has 2 aliphatic heterocycles. The van der Waals surface area contributed by atoms with Crippen LogP contribution in [0.5, 0.6) is 0 Å². The molecular weight excluding hydrogens is 449 g/mol. The number of carbonyl (C=O) groups excluding carboxylic acids is 2. The summed E-state index contributed by atoms with van der Waals surface area (Å²) in [6, 6.07) is -0.617. The van der Waals surface area contributed by atoms with E-state index >= 15 is 0 Å². The van der Waals surface area contributed by atoms with Gasteiger partial charge >= 0.3 is 13.2 Å². The van der Waals surface area contributed by atoms with Crippen LogP contribution in [0.1, 0.15) is 68.2 Å². The molecule has 11 heteroatoms. The molecule has 1 aromatic heterocycles. The van der Waals surface area contributed by atoms with Crippen molar-refractivity contribution in [3.8, 4) is 0 Å². The van der Waals surface area contributed by atoms with Gasteiger partial charge in [0.25, 0.3) is 0 Å². The fraction of sp³-hybridized carbons (Fsp3) is 0.750. The number of hydrogen-bond acceptors (Lipinski definition) is 8. The highest BCUT2D eigenvalue weighted by Crippen LogP contribution is 2.36. The van der Waals surface area contributed by atoms with Gasteiger partial charge in [0.05, 0.1) is 11.2 Å². The van der Waals surface area contributed by atoms with Gasteiger partial charge in [-0.3, -0.25) is 4.79 Å². The number of hydrogen-bond donors (Lipinski definition) is 1. The first-order chi connectivity index (χ1) is 16.1. The summed E-state index contributed by atoms with van der Waals surface area (Å²) in [5.41, 5.74) is -0.714. The Bertz CT molecular complexity index is 902. The van der Waals surface area contributed by atoms with Gasteiger partial charge in [0.2, 0.25) is 11.9 Å². The maximum Gasteiger partial charge on any atom is 0.498 e. The molecule has 35 heavy (non-hydrogen) atoms. The minimum atomic E-state index is -0.677. The molecular formula is C24H40BN5O5. The number of nitrogens with zero attached hydrogens (tertiary/aromatic N) is 4. The summed E-state index contributed by atoms with van der Waals surface area (Å²) in [6.07, 6.45) is 4.64. The average molecular weight is 489 g/mol. The Morgan fingerprint density at radius 3 is 2.31 bits per heavy atom. The maximum atomic E-state index is 13.0. The van der Waals surface area contributed by atoms with E-state index in [1.54, 1.807) is 45.0 Å². The van der Waals surface area contributed by atoms with Gasteiger partial charge in [-0.05, 0) is 68.2 Å². The lowest BCUT2D eigenvalue weighted by Gasteiger charge is -2.38. The lowest BCUT2D eigenvalue weighted by atomic mass is 9.81. The van der Waals surface area contributed by atoms with Gasteiger partial charge in [0, 0.05) is 44.0 Å². The largest absolute Gasteiger partial charge is 0.498 e. The zero-order valence-corrected chi connectivity index (χ0v) is 22.5. The summed E-state index contributed by atoms with van der Waals surface area (Å²) in [5, 5.41) is 2.64. The van der Waals surface area contributed by atoms with E-state index < -0.39 is 36.1 Å². The Morgan fingerprint density at radius 1 is 1.20 bits per heavy atom. The van der Waals surface area contributed by atoms with Crippen LogP contribution in [0.25, 0.3) is 0 Å². The van der Waals surface area contributed by atoms with E-state index in [9.17, 15) is 9.59 Å². The normalized spacial score (nSPS) is 22.5. The van der Waals surface area contributed by atoms with Gasteiger partial charge < -0.3 is 29.2 Å². The molecule has 0 bridgehead atoms. The van der Waals surface area contributed by atoms with Crippen LogP contribution >= 0.6 is 0 Å². The molecule has 1 N–H and O–H groups in total. The van der Waals surface area contributed by atoms with Crippen molar-refractivity contribution >= 4 is 30.5 Å². The second-order valence-corrected chi connectivity index (χ2v) is 11.5. The number of ether oxygens (including phenoxy) is 1.